The number of nitrogens with one attached hydrogen (secondary N) is 2. The van der Waals surface area contributed by atoms with Gasteiger partial charge in [-0.05, 0) is 66.0 Å². The quantitative estimate of drug-likeness (QED) is 0.496. The second-order valence-corrected chi connectivity index (χ2v) is 9.45. The summed E-state index contributed by atoms with van der Waals surface area (Å²) >= 11 is 0. The Hall–Kier alpha value is -2.86. The van der Waals surface area contributed by atoms with E-state index in [1.807, 2.05) is 30.3 Å². The zero-order valence-electron chi connectivity index (χ0n) is 18.0. The molecule has 0 fully saturated rings. The number of fused-ring (bicyclic) bond motifs is 2. The highest BCUT2D eigenvalue weighted by atomic mass is 16.1. The van der Waals surface area contributed by atoms with Crippen molar-refractivity contribution in [2.75, 3.05) is 12.3 Å². The number of pyridine rings is 1. The number of carbonyl (C=O) groups is 1. The highest BCUT2D eigenvalue weighted by Gasteiger charge is 2.29. The van der Waals surface area contributed by atoms with Crippen LogP contribution in [-0.2, 0) is 12.8 Å². The van der Waals surface area contributed by atoms with Crippen molar-refractivity contribution in [1.29, 1.82) is 0 Å². The topological polar surface area (TPSA) is 110 Å². The number of benzene rings is 1. The Balaban J connectivity index is 1.57. The molecule has 4 rings (SSSR count). The molecule has 1 aromatic carbocycles. The van der Waals surface area contributed by atoms with Gasteiger partial charge in [0.05, 0.1) is 17.1 Å². The fourth-order valence-corrected chi connectivity index (χ4v) is 4.36. The number of aromatic amines is 1. The van der Waals surface area contributed by atoms with Crippen molar-refractivity contribution in [1.82, 2.24) is 15.3 Å². The largest absolute Gasteiger partial charge is 0.399 e. The summed E-state index contributed by atoms with van der Waals surface area (Å²) in [4.78, 5) is 21.0. The molecule has 3 aromatic rings. The van der Waals surface area contributed by atoms with E-state index in [4.69, 9.17) is 16.5 Å². The number of amides is 1. The smallest absolute Gasteiger partial charge is 0.268 e. The summed E-state index contributed by atoms with van der Waals surface area (Å²) in [7, 11) is 0. The van der Waals surface area contributed by atoms with E-state index >= 15 is 0 Å². The first-order valence-electron chi connectivity index (χ1n) is 10.6. The van der Waals surface area contributed by atoms with Gasteiger partial charge in [-0.1, -0.05) is 32.9 Å². The number of nitrogen functional groups attached to an aromatic ring is 1. The van der Waals surface area contributed by atoms with Crippen molar-refractivity contribution in [3.05, 3.63) is 58.9 Å². The molecule has 2 atom stereocenters. The Labute approximate surface area is 177 Å². The lowest BCUT2D eigenvalue weighted by molar-refractivity contribution is 0.0933. The van der Waals surface area contributed by atoms with Crippen LogP contribution in [-0.4, -0.2) is 22.4 Å². The van der Waals surface area contributed by atoms with E-state index < -0.39 is 0 Å². The van der Waals surface area contributed by atoms with Gasteiger partial charge in [0.15, 0.2) is 0 Å². The third-order valence-electron chi connectivity index (χ3n) is 6.29. The predicted molar refractivity (Wildman–Crippen MR) is 121 cm³/mol. The van der Waals surface area contributed by atoms with Crippen LogP contribution in [0.1, 0.15) is 60.5 Å². The molecule has 6 heteroatoms. The summed E-state index contributed by atoms with van der Waals surface area (Å²) < 4.78 is 0. The molecule has 0 radical (unpaired) electrons. The van der Waals surface area contributed by atoms with Crippen LogP contribution in [0.15, 0.2) is 36.4 Å². The lowest BCUT2D eigenvalue weighted by Gasteiger charge is -2.34. The van der Waals surface area contributed by atoms with E-state index in [9.17, 15) is 4.79 Å². The minimum atomic E-state index is -0.305. The molecule has 1 aliphatic rings. The fourth-order valence-electron chi connectivity index (χ4n) is 4.36. The van der Waals surface area contributed by atoms with E-state index in [1.165, 1.54) is 5.56 Å². The molecule has 6 nitrogen and oxygen atoms in total. The van der Waals surface area contributed by atoms with Crippen LogP contribution in [0.2, 0.25) is 0 Å². The number of nitrogens with zero attached hydrogens (tertiary/aromatic N) is 1. The van der Waals surface area contributed by atoms with Crippen LogP contribution in [0.4, 0.5) is 5.69 Å². The molecule has 30 heavy (non-hydrogen) atoms. The molecule has 0 bridgehead atoms. The normalized spacial score (nSPS) is 17.5. The predicted octanol–water partition coefficient (Wildman–Crippen LogP) is 3.73. The summed E-state index contributed by atoms with van der Waals surface area (Å²) in [5.74, 6) is 0.446. The van der Waals surface area contributed by atoms with Gasteiger partial charge in [0.2, 0.25) is 0 Å². The zero-order chi connectivity index (χ0) is 21.5. The van der Waals surface area contributed by atoms with E-state index in [0.717, 1.165) is 41.6 Å². The van der Waals surface area contributed by atoms with E-state index in [-0.39, 0.29) is 23.9 Å². The van der Waals surface area contributed by atoms with Crippen LogP contribution >= 0.6 is 0 Å². The minimum absolute atomic E-state index is 0.198. The maximum absolute atomic E-state index is 12.9. The first-order valence-corrected chi connectivity index (χ1v) is 10.6. The molecule has 1 amide bonds. The second-order valence-electron chi connectivity index (χ2n) is 9.45. The fraction of sp³-hybridized carbons (Fsp3) is 0.417. The van der Waals surface area contributed by atoms with Crippen molar-refractivity contribution in [2.24, 2.45) is 17.1 Å². The monoisotopic (exact) mass is 405 g/mol. The highest BCUT2D eigenvalue weighted by molar-refractivity contribution is 5.97. The number of aromatic nitrogens is 2. The van der Waals surface area contributed by atoms with Crippen LogP contribution in [0.3, 0.4) is 0 Å². The molecule has 1 unspecified atom stereocenters. The molecule has 2 aromatic heterocycles. The van der Waals surface area contributed by atoms with Gasteiger partial charge in [0.1, 0.15) is 5.69 Å². The molecule has 2 heterocycles. The molecule has 0 saturated heterocycles. The molecule has 0 aliphatic heterocycles. The van der Waals surface area contributed by atoms with Crippen LogP contribution < -0.4 is 16.8 Å². The molecule has 1 aliphatic carbocycles. The van der Waals surface area contributed by atoms with E-state index in [2.05, 4.69) is 37.1 Å². The maximum atomic E-state index is 12.9. The number of H-pyrrole nitrogens is 1. The van der Waals surface area contributed by atoms with Gasteiger partial charge < -0.3 is 21.8 Å². The standard InChI is InChI=1S/C24H31N5O/c1-24(2,3)16-7-8-18-15(9-16)11-19-20(27-18)12-21(28-19)23(30)29-22(13-25)14-5-4-6-17(26)10-14/h4-6,10-12,16,22,28H,7-9,13,25-26H2,1-3H3,(H,29,30)/t16?,22-/m1/s1. The van der Waals surface area contributed by atoms with Gasteiger partial charge in [-0.3, -0.25) is 9.78 Å². The third-order valence-corrected chi connectivity index (χ3v) is 6.29. The first-order chi connectivity index (χ1) is 14.2. The Kier molecular flexibility index (Phi) is 5.28. The second kappa shape index (κ2) is 7.76. The first kappa shape index (κ1) is 20.4. The van der Waals surface area contributed by atoms with Gasteiger partial charge in [-0.25, -0.2) is 0 Å². The third kappa shape index (κ3) is 4.05. The number of aryl methyl sites for hydroxylation is 1. The van der Waals surface area contributed by atoms with Gasteiger partial charge in [-0.15, -0.1) is 0 Å². The molecular weight excluding hydrogens is 374 g/mol. The summed E-state index contributed by atoms with van der Waals surface area (Å²) in [6.07, 6.45) is 3.18. The van der Waals surface area contributed by atoms with Crippen LogP contribution in [0.5, 0.6) is 0 Å². The number of rotatable bonds is 4. The van der Waals surface area contributed by atoms with Crippen LogP contribution in [0.25, 0.3) is 11.0 Å². The Bertz CT molecular complexity index is 1080. The Morgan fingerprint density at radius 1 is 1.30 bits per heavy atom. The molecule has 0 spiro atoms. The Morgan fingerprint density at radius 2 is 2.10 bits per heavy atom. The minimum Gasteiger partial charge on any atom is -0.399 e. The van der Waals surface area contributed by atoms with Gasteiger partial charge >= 0.3 is 0 Å². The van der Waals surface area contributed by atoms with E-state index in [1.54, 1.807) is 0 Å². The number of hydrogen-bond donors (Lipinski definition) is 4. The average Bonchev–Trinajstić information content (AvgIpc) is 3.12. The summed E-state index contributed by atoms with van der Waals surface area (Å²) in [6, 6.07) is 11.1. The van der Waals surface area contributed by atoms with Crippen molar-refractivity contribution in [3.63, 3.8) is 0 Å². The van der Waals surface area contributed by atoms with Gasteiger partial charge in [-0.2, -0.15) is 0 Å². The number of carbonyl (C=O) groups excluding carboxylic acids is 1. The maximum Gasteiger partial charge on any atom is 0.268 e. The average molecular weight is 406 g/mol. The van der Waals surface area contributed by atoms with Crippen molar-refractivity contribution in [3.8, 4) is 0 Å². The van der Waals surface area contributed by atoms with Gasteiger partial charge in [0.25, 0.3) is 5.91 Å². The summed E-state index contributed by atoms with van der Waals surface area (Å²) in [5.41, 5.74) is 18.3. The SMILES string of the molecule is CC(C)(C)C1CCc2nc3cc(C(=O)N[C@H](CN)c4cccc(N)c4)[nH]c3cc2C1. The lowest BCUT2D eigenvalue weighted by atomic mass is 9.71. The zero-order valence-corrected chi connectivity index (χ0v) is 18.0. The summed E-state index contributed by atoms with van der Waals surface area (Å²) in [5, 5.41) is 3.01. The molecular formula is C24H31N5O. The lowest BCUT2D eigenvalue weighted by Crippen LogP contribution is -2.33. The van der Waals surface area contributed by atoms with Crippen molar-refractivity contribution in [2.45, 2.75) is 46.1 Å². The Morgan fingerprint density at radius 3 is 2.80 bits per heavy atom. The van der Waals surface area contributed by atoms with Crippen molar-refractivity contribution >= 4 is 22.6 Å². The van der Waals surface area contributed by atoms with Gasteiger partial charge in [0, 0.05) is 17.9 Å². The number of hydrogen-bond acceptors (Lipinski definition) is 4. The van der Waals surface area contributed by atoms with Crippen LogP contribution in [0, 0.1) is 11.3 Å². The number of anilines is 1. The molecule has 158 valence electrons. The molecule has 6 N–H and O–H groups in total. The number of nitrogens with two attached hydrogens (primary N) is 2. The summed E-state index contributed by atoms with van der Waals surface area (Å²) in [6.45, 7) is 7.20. The van der Waals surface area contributed by atoms with Crippen molar-refractivity contribution < 1.29 is 4.79 Å². The molecule has 0 saturated carbocycles. The van der Waals surface area contributed by atoms with E-state index in [0.29, 0.717) is 17.3 Å². The highest BCUT2D eigenvalue weighted by Crippen LogP contribution is 2.37.